The quantitative estimate of drug-likeness (QED) is 0.829. The Labute approximate surface area is 113 Å². The number of aryl methyl sites for hydroxylation is 1. The van der Waals surface area contributed by atoms with E-state index in [0.29, 0.717) is 5.56 Å². The summed E-state index contributed by atoms with van der Waals surface area (Å²) >= 11 is 5.90. The first kappa shape index (κ1) is 14.8. The summed E-state index contributed by atoms with van der Waals surface area (Å²) in [6.45, 7) is 8.08. The molecule has 0 spiro atoms. The minimum atomic E-state index is -0.806. The molecular formula is C14H20ClNO2. The van der Waals surface area contributed by atoms with E-state index < -0.39 is 11.3 Å². The Kier molecular flexibility index (Phi) is 4.28. The number of amides is 1. The van der Waals surface area contributed by atoms with Crippen LogP contribution in [0.3, 0.4) is 0 Å². The van der Waals surface area contributed by atoms with Crippen LogP contribution in [0.5, 0.6) is 5.75 Å². The maximum atomic E-state index is 11.1. The number of carbonyl (C=O) groups is 1. The third kappa shape index (κ3) is 3.39. The molecule has 3 nitrogen and oxygen atoms in total. The summed E-state index contributed by atoms with van der Waals surface area (Å²) in [5.74, 6) is -0.400. The number of hydrogen-bond acceptors (Lipinski definition) is 2. The molecule has 18 heavy (non-hydrogen) atoms. The number of carbonyl (C=O) groups excluding carboxylic acids is 1. The van der Waals surface area contributed by atoms with Crippen LogP contribution in [0.2, 0.25) is 0 Å². The number of rotatable bonds is 3. The number of alkyl halides is 1. The molecule has 0 radical (unpaired) electrons. The minimum absolute atomic E-state index is 0.132. The summed E-state index contributed by atoms with van der Waals surface area (Å²) in [5.41, 5.74) is 7.71. The van der Waals surface area contributed by atoms with Gasteiger partial charge >= 0.3 is 0 Å². The first-order valence-corrected chi connectivity index (χ1v) is 6.33. The fourth-order valence-corrected chi connectivity index (χ4v) is 2.12. The first-order valence-electron chi connectivity index (χ1n) is 5.89. The number of halogens is 1. The minimum Gasteiger partial charge on any atom is -0.508 e. The second-order valence-corrected chi connectivity index (χ2v) is 6.16. The van der Waals surface area contributed by atoms with Gasteiger partial charge in [-0.2, -0.15) is 0 Å². The number of primary amides is 1. The highest BCUT2D eigenvalue weighted by molar-refractivity contribution is 6.30. The van der Waals surface area contributed by atoms with Gasteiger partial charge in [-0.15, -0.1) is 11.6 Å². The zero-order chi connectivity index (χ0) is 14.1. The van der Waals surface area contributed by atoms with Crippen molar-refractivity contribution >= 4 is 17.5 Å². The van der Waals surface area contributed by atoms with Crippen LogP contribution in [-0.4, -0.2) is 16.4 Å². The average molecular weight is 270 g/mol. The molecule has 1 amide bonds. The van der Waals surface area contributed by atoms with Gasteiger partial charge in [0.25, 0.3) is 0 Å². The van der Waals surface area contributed by atoms with Crippen molar-refractivity contribution < 1.29 is 9.90 Å². The van der Waals surface area contributed by atoms with Crippen LogP contribution in [0.15, 0.2) is 12.1 Å². The van der Waals surface area contributed by atoms with Crippen LogP contribution in [0.1, 0.15) is 37.5 Å². The standard InChI is InChI=1S/C14H20ClNO2/c1-8-5-10(14(2,3)4)9(12(17)6-8)7-11(15)13(16)18/h5-6,11,17H,7H2,1-4H3,(H2,16,18). The fraction of sp³-hybridized carbons (Fsp3) is 0.500. The van der Waals surface area contributed by atoms with Gasteiger partial charge in [0.05, 0.1) is 0 Å². The third-order valence-electron chi connectivity index (χ3n) is 2.87. The van der Waals surface area contributed by atoms with Gasteiger partial charge in [-0.1, -0.05) is 26.8 Å². The summed E-state index contributed by atoms with van der Waals surface area (Å²) < 4.78 is 0. The molecule has 1 unspecified atom stereocenters. The van der Waals surface area contributed by atoms with E-state index in [1.807, 2.05) is 13.0 Å². The van der Waals surface area contributed by atoms with Crippen LogP contribution in [0.25, 0.3) is 0 Å². The lowest BCUT2D eigenvalue weighted by Gasteiger charge is -2.25. The highest BCUT2D eigenvalue weighted by Gasteiger charge is 2.24. The van der Waals surface area contributed by atoms with Gasteiger partial charge in [-0.3, -0.25) is 4.79 Å². The molecule has 1 atom stereocenters. The number of aromatic hydroxyl groups is 1. The molecule has 0 saturated heterocycles. The molecule has 0 heterocycles. The number of hydrogen-bond donors (Lipinski definition) is 2. The van der Waals surface area contributed by atoms with E-state index >= 15 is 0 Å². The molecule has 4 heteroatoms. The molecule has 0 aliphatic heterocycles. The van der Waals surface area contributed by atoms with Crippen molar-refractivity contribution in [1.82, 2.24) is 0 Å². The lowest BCUT2D eigenvalue weighted by atomic mass is 9.81. The molecule has 100 valence electrons. The number of nitrogens with two attached hydrogens (primary N) is 1. The Morgan fingerprint density at radius 1 is 1.44 bits per heavy atom. The Bertz CT molecular complexity index is 464. The molecule has 1 aromatic rings. The van der Waals surface area contributed by atoms with Gasteiger partial charge in [0.2, 0.25) is 5.91 Å². The predicted molar refractivity (Wildman–Crippen MR) is 74.1 cm³/mol. The Balaban J connectivity index is 3.29. The van der Waals surface area contributed by atoms with E-state index in [-0.39, 0.29) is 17.6 Å². The van der Waals surface area contributed by atoms with Gasteiger partial charge in [-0.25, -0.2) is 0 Å². The van der Waals surface area contributed by atoms with Gasteiger partial charge in [0.15, 0.2) is 0 Å². The predicted octanol–water partition coefficient (Wildman–Crippen LogP) is 2.63. The molecular weight excluding hydrogens is 250 g/mol. The highest BCUT2D eigenvalue weighted by Crippen LogP contribution is 2.34. The number of phenolic OH excluding ortho intramolecular Hbond substituents is 1. The molecule has 3 N–H and O–H groups in total. The van der Waals surface area contributed by atoms with Crippen molar-refractivity contribution in [1.29, 1.82) is 0 Å². The van der Waals surface area contributed by atoms with Gasteiger partial charge < -0.3 is 10.8 Å². The lowest BCUT2D eigenvalue weighted by molar-refractivity contribution is -0.117. The van der Waals surface area contributed by atoms with Crippen LogP contribution in [0, 0.1) is 6.92 Å². The Morgan fingerprint density at radius 2 is 2.00 bits per heavy atom. The van der Waals surface area contributed by atoms with E-state index in [0.717, 1.165) is 11.1 Å². The summed E-state index contributed by atoms with van der Waals surface area (Å²) in [6, 6.07) is 3.69. The topological polar surface area (TPSA) is 63.3 Å². The normalized spacial score (nSPS) is 13.4. The Hall–Kier alpha value is -1.22. The van der Waals surface area contributed by atoms with Crippen molar-refractivity contribution in [2.75, 3.05) is 0 Å². The van der Waals surface area contributed by atoms with E-state index in [2.05, 4.69) is 20.8 Å². The van der Waals surface area contributed by atoms with Gasteiger partial charge in [-0.05, 0) is 35.1 Å². The van der Waals surface area contributed by atoms with Crippen molar-refractivity contribution in [2.24, 2.45) is 5.73 Å². The summed E-state index contributed by atoms with van der Waals surface area (Å²) in [7, 11) is 0. The van der Waals surface area contributed by atoms with Crippen molar-refractivity contribution in [2.45, 2.75) is 44.9 Å². The molecule has 0 aliphatic carbocycles. The molecule has 0 bridgehead atoms. The molecule has 1 rings (SSSR count). The van der Waals surface area contributed by atoms with Gasteiger partial charge in [0.1, 0.15) is 11.1 Å². The van der Waals surface area contributed by atoms with E-state index in [4.69, 9.17) is 17.3 Å². The van der Waals surface area contributed by atoms with E-state index in [9.17, 15) is 9.90 Å². The van der Waals surface area contributed by atoms with Crippen LogP contribution in [-0.2, 0) is 16.6 Å². The lowest BCUT2D eigenvalue weighted by Crippen LogP contribution is -2.27. The third-order valence-corrected chi connectivity index (χ3v) is 3.24. The first-order chi connectivity index (χ1) is 8.12. The van der Waals surface area contributed by atoms with Crippen LogP contribution in [0.4, 0.5) is 0 Å². The molecule has 0 aromatic heterocycles. The smallest absolute Gasteiger partial charge is 0.235 e. The summed E-state index contributed by atoms with van der Waals surface area (Å²) in [4.78, 5) is 11.1. The van der Waals surface area contributed by atoms with Crippen molar-refractivity contribution in [3.05, 3.63) is 28.8 Å². The number of benzene rings is 1. The van der Waals surface area contributed by atoms with Crippen LogP contribution >= 0.6 is 11.6 Å². The van der Waals surface area contributed by atoms with Crippen LogP contribution < -0.4 is 5.73 Å². The molecule has 0 aliphatic rings. The monoisotopic (exact) mass is 269 g/mol. The Morgan fingerprint density at radius 3 is 2.44 bits per heavy atom. The van der Waals surface area contributed by atoms with Gasteiger partial charge in [0, 0.05) is 6.42 Å². The largest absolute Gasteiger partial charge is 0.508 e. The average Bonchev–Trinajstić information content (AvgIpc) is 2.19. The highest BCUT2D eigenvalue weighted by atomic mass is 35.5. The zero-order valence-electron chi connectivity index (χ0n) is 11.2. The van der Waals surface area contributed by atoms with E-state index in [1.165, 1.54) is 0 Å². The fourth-order valence-electron chi connectivity index (χ4n) is 1.96. The molecule has 0 saturated carbocycles. The summed E-state index contributed by atoms with van der Waals surface area (Å²) in [5, 5.41) is 9.25. The van der Waals surface area contributed by atoms with Crippen molar-refractivity contribution in [3.63, 3.8) is 0 Å². The van der Waals surface area contributed by atoms with E-state index in [1.54, 1.807) is 6.07 Å². The second-order valence-electron chi connectivity index (χ2n) is 5.63. The van der Waals surface area contributed by atoms with Crippen molar-refractivity contribution in [3.8, 4) is 5.75 Å². The maximum Gasteiger partial charge on any atom is 0.235 e. The zero-order valence-corrected chi connectivity index (χ0v) is 12.0. The number of phenols is 1. The maximum absolute atomic E-state index is 11.1. The molecule has 1 aromatic carbocycles. The summed E-state index contributed by atoms with van der Waals surface area (Å²) in [6.07, 6.45) is 0.246. The SMILES string of the molecule is Cc1cc(O)c(CC(Cl)C(N)=O)c(C(C)(C)C)c1. The second kappa shape index (κ2) is 5.19. The molecule has 0 fully saturated rings.